The fourth-order valence-corrected chi connectivity index (χ4v) is 4.20. The molecule has 1 aliphatic heterocycles. The van der Waals surface area contributed by atoms with E-state index in [1.54, 1.807) is 6.20 Å². The molecule has 0 unspecified atom stereocenters. The Hall–Kier alpha value is -2.14. The van der Waals surface area contributed by atoms with E-state index < -0.39 is 0 Å². The summed E-state index contributed by atoms with van der Waals surface area (Å²) in [7, 11) is 1.95. The average molecular weight is 353 g/mol. The molecule has 1 saturated heterocycles. The van der Waals surface area contributed by atoms with Crippen LogP contribution in [0.15, 0.2) is 30.5 Å². The third kappa shape index (κ3) is 3.28. The van der Waals surface area contributed by atoms with Crippen LogP contribution in [0.3, 0.4) is 0 Å². The maximum Gasteiger partial charge on any atom is 0.256 e. The monoisotopic (exact) mass is 353 g/mol. The first-order chi connectivity index (χ1) is 12.8. The second kappa shape index (κ2) is 7.62. The highest BCUT2D eigenvalue weighted by Crippen LogP contribution is 2.30. The van der Waals surface area contributed by atoms with Crippen LogP contribution in [0.4, 0.5) is 5.82 Å². The highest BCUT2D eigenvalue weighted by molar-refractivity contribution is 6.09. The molecule has 2 fully saturated rings. The second-order valence-corrected chi connectivity index (χ2v) is 7.35. The zero-order chi connectivity index (χ0) is 17.9. The smallest absolute Gasteiger partial charge is 0.256 e. The number of ether oxygens (including phenoxy) is 1. The number of benzene rings is 1. The molecule has 138 valence electrons. The molecular formula is C21H27N3O2. The highest BCUT2D eigenvalue weighted by Gasteiger charge is 2.25. The van der Waals surface area contributed by atoms with Crippen molar-refractivity contribution in [2.75, 3.05) is 38.3 Å². The molecule has 5 nitrogen and oxygen atoms in total. The van der Waals surface area contributed by atoms with E-state index in [2.05, 4.69) is 11.0 Å². The Morgan fingerprint density at radius 1 is 1.12 bits per heavy atom. The van der Waals surface area contributed by atoms with Crippen molar-refractivity contribution in [1.29, 1.82) is 0 Å². The van der Waals surface area contributed by atoms with Gasteiger partial charge in [-0.05, 0) is 18.2 Å². The van der Waals surface area contributed by atoms with Crippen LogP contribution in [0.25, 0.3) is 10.8 Å². The van der Waals surface area contributed by atoms with Gasteiger partial charge in [0.05, 0.1) is 18.8 Å². The molecule has 26 heavy (non-hydrogen) atoms. The molecule has 0 radical (unpaired) electrons. The Balaban J connectivity index is 1.68. The number of amides is 1. The van der Waals surface area contributed by atoms with Crippen LogP contribution in [0, 0.1) is 0 Å². The van der Waals surface area contributed by atoms with Gasteiger partial charge in [0, 0.05) is 37.8 Å². The van der Waals surface area contributed by atoms with Gasteiger partial charge in [0.1, 0.15) is 5.82 Å². The summed E-state index contributed by atoms with van der Waals surface area (Å²) in [5.41, 5.74) is 0.714. The standard InChI is InChI=1S/C21H27N3O2/c1-23(16-7-3-2-4-8-16)21(25)19-15-22-20(24-11-13-26-14-12-24)18-10-6-5-9-17(18)19/h5-6,9-10,15-16H,2-4,7-8,11-14H2,1H3. The van der Waals surface area contributed by atoms with Crippen LogP contribution in [0.2, 0.25) is 0 Å². The third-order valence-electron chi connectivity index (χ3n) is 5.76. The first-order valence-electron chi connectivity index (χ1n) is 9.73. The molecule has 1 amide bonds. The maximum atomic E-state index is 13.2. The van der Waals surface area contributed by atoms with Crippen LogP contribution >= 0.6 is 0 Å². The lowest BCUT2D eigenvalue weighted by Crippen LogP contribution is -2.39. The second-order valence-electron chi connectivity index (χ2n) is 7.35. The Labute approximate surface area is 154 Å². The summed E-state index contributed by atoms with van der Waals surface area (Å²) in [5.74, 6) is 1.05. The van der Waals surface area contributed by atoms with Gasteiger partial charge in [0.15, 0.2) is 0 Å². The molecule has 1 aliphatic carbocycles. The number of pyridine rings is 1. The first kappa shape index (κ1) is 17.3. The Bertz CT molecular complexity index is 780. The van der Waals surface area contributed by atoms with Crippen LogP contribution in [0.1, 0.15) is 42.5 Å². The fraction of sp³-hybridized carbons (Fsp3) is 0.524. The van der Waals surface area contributed by atoms with E-state index in [9.17, 15) is 4.79 Å². The van der Waals surface area contributed by atoms with Crippen LogP contribution in [-0.4, -0.2) is 55.2 Å². The lowest BCUT2D eigenvalue weighted by molar-refractivity contribution is 0.0698. The average Bonchev–Trinajstić information content (AvgIpc) is 2.73. The van der Waals surface area contributed by atoms with Crippen molar-refractivity contribution in [2.45, 2.75) is 38.1 Å². The third-order valence-corrected chi connectivity index (χ3v) is 5.76. The van der Waals surface area contributed by atoms with Crippen LogP contribution < -0.4 is 4.90 Å². The molecule has 0 N–H and O–H groups in total. The SMILES string of the molecule is CN(C(=O)c1cnc(N2CCOCC2)c2ccccc12)C1CCCCC1. The van der Waals surface area contributed by atoms with Crippen molar-refractivity contribution < 1.29 is 9.53 Å². The summed E-state index contributed by atoms with van der Waals surface area (Å²) in [6.07, 6.45) is 7.72. The van der Waals surface area contributed by atoms with Crippen molar-refractivity contribution in [3.63, 3.8) is 0 Å². The molecule has 5 heteroatoms. The topological polar surface area (TPSA) is 45.7 Å². The van der Waals surface area contributed by atoms with Crippen molar-refractivity contribution in [3.05, 3.63) is 36.0 Å². The van der Waals surface area contributed by atoms with Gasteiger partial charge in [-0.1, -0.05) is 43.5 Å². The normalized spacial score (nSPS) is 18.9. The number of hydrogen-bond donors (Lipinski definition) is 0. The lowest BCUT2D eigenvalue weighted by Gasteiger charge is -2.32. The quantitative estimate of drug-likeness (QED) is 0.847. The van der Waals surface area contributed by atoms with Crippen LogP contribution in [0.5, 0.6) is 0 Å². The number of carbonyl (C=O) groups excluding carboxylic acids is 1. The minimum atomic E-state index is 0.0918. The zero-order valence-electron chi connectivity index (χ0n) is 15.5. The highest BCUT2D eigenvalue weighted by atomic mass is 16.5. The van der Waals surface area contributed by atoms with Gasteiger partial charge in [-0.3, -0.25) is 4.79 Å². The number of anilines is 1. The van der Waals surface area contributed by atoms with Gasteiger partial charge in [-0.2, -0.15) is 0 Å². The van der Waals surface area contributed by atoms with Gasteiger partial charge in [0.2, 0.25) is 0 Å². The molecule has 2 aliphatic rings. The van der Waals surface area contributed by atoms with Gasteiger partial charge in [-0.25, -0.2) is 4.98 Å². The Morgan fingerprint density at radius 2 is 1.81 bits per heavy atom. The number of hydrogen-bond acceptors (Lipinski definition) is 4. The Morgan fingerprint density at radius 3 is 2.54 bits per heavy atom. The summed E-state index contributed by atoms with van der Waals surface area (Å²) >= 11 is 0. The van der Waals surface area contributed by atoms with Crippen LogP contribution in [-0.2, 0) is 4.74 Å². The van der Waals surface area contributed by atoms with E-state index in [0.717, 1.165) is 55.7 Å². The number of rotatable bonds is 3. The molecular weight excluding hydrogens is 326 g/mol. The number of morpholine rings is 1. The van der Waals surface area contributed by atoms with Gasteiger partial charge >= 0.3 is 0 Å². The van der Waals surface area contributed by atoms with E-state index in [1.807, 2.05) is 30.1 Å². The van der Waals surface area contributed by atoms with Gasteiger partial charge in [0.25, 0.3) is 5.91 Å². The molecule has 4 rings (SSSR count). The number of carbonyl (C=O) groups is 1. The molecule has 1 aromatic carbocycles. The van der Waals surface area contributed by atoms with E-state index >= 15 is 0 Å². The van der Waals surface area contributed by atoms with E-state index in [4.69, 9.17) is 9.72 Å². The summed E-state index contributed by atoms with van der Waals surface area (Å²) in [4.78, 5) is 22.1. The number of fused-ring (bicyclic) bond motifs is 1. The van der Waals surface area contributed by atoms with E-state index in [-0.39, 0.29) is 5.91 Å². The molecule has 1 aromatic heterocycles. The maximum absolute atomic E-state index is 13.2. The largest absolute Gasteiger partial charge is 0.378 e. The molecule has 0 spiro atoms. The number of nitrogens with zero attached hydrogens (tertiary/aromatic N) is 3. The predicted octanol–water partition coefficient (Wildman–Crippen LogP) is 3.48. The van der Waals surface area contributed by atoms with Gasteiger partial charge in [-0.15, -0.1) is 0 Å². The van der Waals surface area contributed by atoms with Crippen molar-refractivity contribution >= 4 is 22.5 Å². The van der Waals surface area contributed by atoms with Crippen molar-refractivity contribution in [2.24, 2.45) is 0 Å². The Kier molecular flexibility index (Phi) is 5.07. The summed E-state index contributed by atoms with van der Waals surface area (Å²) in [5, 5.41) is 2.05. The zero-order valence-corrected chi connectivity index (χ0v) is 15.5. The summed E-state index contributed by atoms with van der Waals surface area (Å²) in [6.45, 7) is 3.13. The van der Waals surface area contributed by atoms with Crippen molar-refractivity contribution in [1.82, 2.24) is 9.88 Å². The number of aromatic nitrogens is 1. The minimum absolute atomic E-state index is 0.0918. The van der Waals surface area contributed by atoms with E-state index in [0.29, 0.717) is 11.6 Å². The molecule has 1 saturated carbocycles. The lowest BCUT2D eigenvalue weighted by atomic mass is 9.94. The summed E-state index contributed by atoms with van der Waals surface area (Å²) < 4.78 is 5.46. The molecule has 2 aromatic rings. The van der Waals surface area contributed by atoms with E-state index in [1.165, 1.54) is 19.3 Å². The minimum Gasteiger partial charge on any atom is -0.378 e. The van der Waals surface area contributed by atoms with Crippen molar-refractivity contribution in [3.8, 4) is 0 Å². The predicted molar refractivity (Wildman–Crippen MR) is 104 cm³/mol. The van der Waals surface area contributed by atoms with Gasteiger partial charge < -0.3 is 14.5 Å². The molecule has 0 atom stereocenters. The first-order valence-corrected chi connectivity index (χ1v) is 9.73. The molecule has 2 heterocycles. The summed E-state index contributed by atoms with van der Waals surface area (Å²) in [6, 6.07) is 8.50. The fourth-order valence-electron chi connectivity index (χ4n) is 4.20. The molecule has 0 bridgehead atoms.